The summed E-state index contributed by atoms with van der Waals surface area (Å²) in [6, 6.07) is 4.42. The Bertz CT molecular complexity index is 714. The molecule has 1 amide bonds. The summed E-state index contributed by atoms with van der Waals surface area (Å²) in [5.41, 5.74) is 5.80. The van der Waals surface area contributed by atoms with Gasteiger partial charge in [0.1, 0.15) is 5.75 Å². The van der Waals surface area contributed by atoms with Crippen LogP contribution in [0.4, 0.5) is 13.2 Å². The summed E-state index contributed by atoms with van der Waals surface area (Å²) in [5, 5.41) is 0.438. The highest BCUT2D eigenvalue weighted by atomic mass is 19.4. The van der Waals surface area contributed by atoms with Crippen LogP contribution in [0.3, 0.4) is 0 Å². The van der Waals surface area contributed by atoms with Crippen molar-refractivity contribution in [3.05, 3.63) is 35.5 Å². The van der Waals surface area contributed by atoms with Gasteiger partial charge in [0.2, 0.25) is 5.91 Å². The summed E-state index contributed by atoms with van der Waals surface area (Å²) < 4.78 is 43.8. The topological polar surface area (TPSA) is 65.2 Å². The fraction of sp³-hybridized carbons (Fsp3) is 0.375. The van der Waals surface area contributed by atoms with E-state index >= 15 is 0 Å². The molecule has 23 heavy (non-hydrogen) atoms. The maximum Gasteiger partial charge on any atom is 0.393 e. The van der Waals surface area contributed by atoms with Crippen molar-refractivity contribution in [2.24, 2.45) is 5.73 Å². The molecule has 2 aromatic rings. The number of nitrogens with zero attached hydrogens (tertiary/aromatic N) is 1. The van der Waals surface area contributed by atoms with E-state index in [-0.39, 0.29) is 16.9 Å². The molecule has 124 valence electrons. The first-order valence-electron chi connectivity index (χ1n) is 7.23. The number of aromatic nitrogens is 1. The quantitative estimate of drug-likeness (QED) is 0.825. The Kier molecular flexibility index (Phi) is 5.08. The van der Waals surface area contributed by atoms with Crippen LogP contribution in [0.1, 0.15) is 35.7 Å². The number of nitrogens with two attached hydrogens (primary N) is 1. The third-order valence-corrected chi connectivity index (χ3v) is 3.31. The van der Waals surface area contributed by atoms with Gasteiger partial charge in [-0.25, -0.2) is 0 Å². The fourth-order valence-electron chi connectivity index (χ4n) is 2.19. The van der Waals surface area contributed by atoms with Crippen molar-refractivity contribution in [2.45, 2.75) is 32.4 Å². The Labute approximate surface area is 131 Å². The molecule has 0 radical (unpaired) electrons. The molecule has 0 saturated carbocycles. The van der Waals surface area contributed by atoms with Crippen LogP contribution in [-0.4, -0.2) is 23.7 Å². The molecule has 0 aliphatic heterocycles. The molecule has 2 N–H and O–H groups in total. The number of hydrogen-bond acceptors (Lipinski definition) is 3. The molecule has 4 nitrogen and oxygen atoms in total. The molecule has 0 fully saturated rings. The van der Waals surface area contributed by atoms with Crippen molar-refractivity contribution >= 4 is 16.8 Å². The van der Waals surface area contributed by atoms with Crippen molar-refractivity contribution in [1.29, 1.82) is 0 Å². The number of unbranched alkanes of at least 4 members (excludes halogenated alkanes) is 1. The third kappa shape index (κ3) is 4.34. The molecule has 7 heteroatoms. The van der Waals surface area contributed by atoms with Crippen LogP contribution in [0.25, 0.3) is 10.9 Å². The Morgan fingerprint density at radius 1 is 1.35 bits per heavy atom. The number of carbonyl (C=O) groups is 1. The average Bonchev–Trinajstić information content (AvgIpc) is 2.47. The maximum atomic E-state index is 12.7. The van der Waals surface area contributed by atoms with Crippen LogP contribution in [0.2, 0.25) is 0 Å². The van der Waals surface area contributed by atoms with Crippen LogP contribution < -0.4 is 10.5 Å². The molecule has 1 aromatic carbocycles. The molecule has 1 heterocycles. The van der Waals surface area contributed by atoms with Gasteiger partial charge in [-0.3, -0.25) is 9.78 Å². The van der Waals surface area contributed by atoms with Crippen LogP contribution in [0, 0.1) is 0 Å². The smallest absolute Gasteiger partial charge is 0.393 e. The predicted octanol–water partition coefficient (Wildman–Crippen LogP) is 3.62. The summed E-state index contributed by atoms with van der Waals surface area (Å²) in [6.45, 7) is 2.28. The minimum atomic E-state index is -4.36. The standard InChI is InChI=1S/C16H17F3N2O2/c1-2-3-6-23-14-11(8-16(17,18)19)9-21-13-7-10(15(20)22)4-5-12(13)14/h4-5,7,9H,2-3,6,8H2,1H3,(H2,20,22). The molecular formula is C16H17F3N2O2. The molecule has 2 rings (SSSR count). The van der Waals surface area contributed by atoms with E-state index in [4.69, 9.17) is 10.5 Å². The number of benzene rings is 1. The first-order chi connectivity index (χ1) is 10.8. The van der Waals surface area contributed by atoms with Gasteiger partial charge in [-0.15, -0.1) is 0 Å². The van der Waals surface area contributed by atoms with Crippen molar-refractivity contribution in [1.82, 2.24) is 4.98 Å². The highest BCUT2D eigenvalue weighted by Gasteiger charge is 2.30. The summed E-state index contributed by atoms with van der Waals surface area (Å²) in [7, 11) is 0. The first kappa shape index (κ1) is 17.1. The number of rotatable bonds is 6. The second-order valence-electron chi connectivity index (χ2n) is 5.20. The molecule has 0 spiro atoms. The molecule has 0 aliphatic carbocycles. The van der Waals surface area contributed by atoms with Gasteiger partial charge >= 0.3 is 6.18 Å². The summed E-state index contributed by atoms with van der Waals surface area (Å²) in [5.74, 6) is -0.460. The predicted molar refractivity (Wildman–Crippen MR) is 80.4 cm³/mol. The number of primary amides is 1. The lowest BCUT2D eigenvalue weighted by molar-refractivity contribution is -0.127. The minimum Gasteiger partial charge on any atom is -0.493 e. The van der Waals surface area contributed by atoms with E-state index in [0.717, 1.165) is 19.0 Å². The zero-order chi connectivity index (χ0) is 17.0. The van der Waals surface area contributed by atoms with E-state index in [9.17, 15) is 18.0 Å². The van der Waals surface area contributed by atoms with Gasteiger partial charge < -0.3 is 10.5 Å². The largest absolute Gasteiger partial charge is 0.493 e. The SMILES string of the molecule is CCCCOc1c(CC(F)(F)F)cnc2cc(C(N)=O)ccc12. The van der Waals surface area contributed by atoms with Gasteiger partial charge in [-0.05, 0) is 24.6 Å². The highest BCUT2D eigenvalue weighted by molar-refractivity contribution is 5.98. The summed E-state index contributed by atoms with van der Waals surface area (Å²) in [4.78, 5) is 15.2. The number of alkyl halides is 3. The van der Waals surface area contributed by atoms with Gasteiger partial charge in [-0.2, -0.15) is 13.2 Å². The lowest BCUT2D eigenvalue weighted by Gasteiger charge is -2.15. The number of pyridine rings is 1. The van der Waals surface area contributed by atoms with Gasteiger partial charge in [0.05, 0.1) is 18.5 Å². The lowest BCUT2D eigenvalue weighted by Crippen LogP contribution is -2.14. The van der Waals surface area contributed by atoms with Gasteiger partial charge in [0.25, 0.3) is 0 Å². The van der Waals surface area contributed by atoms with Crippen LogP contribution in [-0.2, 0) is 6.42 Å². The summed E-state index contributed by atoms with van der Waals surface area (Å²) in [6.07, 6.45) is -2.74. The number of carbonyl (C=O) groups excluding carboxylic acids is 1. The van der Waals surface area contributed by atoms with Crippen molar-refractivity contribution in [3.63, 3.8) is 0 Å². The van der Waals surface area contributed by atoms with Crippen LogP contribution in [0.15, 0.2) is 24.4 Å². The van der Waals surface area contributed by atoms with Crippen molar-refractivity contribution in [2.75, 3.05) is 6.61 Å². The molecule has 1 aromatic heterocycles. The molecule has 0 aliphatic rings. The van der Waals surface area contributed by atoms with Gasteiger partial charge in [0, 0.05) is 22.7 Å². The normalized spacial score (nSPS) is 11.7. The first-order valence-corrected chi connectivity index (χ1v) is 7.23. The lowest BCUT2D eigenvalue weighted by atomic mass is 10.1. The average molecular weight is 326 g/mol. The number of halogens is 3. The van der Waals surface area contributed by atoms with Crippen molar-refractivity contribution in [3.8, 4) is 5.75 Å². The van der Waals surface area contributed by atoms with E-state index in [2.05, 4.69) is 4.98 Å². The van der Waals surface area contributed by atoms with Crippen molar-refractivity contribution < 1.29 is 22.7 Å². The van der Waals surface area contributed by atoms with Gasteiger partial charge in [-0.1, -0.05) is 13.3 Å². The van der Waals surface area contributed by atoms with E-state index in [1.54, 1.807) is 0 Å². The molecular weight excluding hydrogens is 309 g/mol. The third-order valence-electron chi connectivity index (χ3n) is 3.31. The van der Waals surface area contributed by atoms with E-state index in [0.29, 0.717) is 17.5 Å². The fourth-order valence-corrected chi connectivity index (χ4v) is 2.19. The Hall–Kier alpha value is -2.31. The number of ether oxygens (including phenoxy) is 1. The monoisotopic (exact) mass is 326 g/mol. The Morgan fingerprint density at radius 3 is 2.70 bits per heavy atom. The van der Waals surface area contributed by atoms with E-state index < -0.39 is 18.5 Å². The minimum absolute atomic E-state index is 0.0204. The highest BCUT2D eigenvalue weighted by Crippen LogP contribution is 2.33. The van der Waals surface area contributed by atoms with E-state index in [1.165, 1.54) is 18.2 Å². The number of fused-ring (bicyclic) bond motifs is 1. The molecule has 0 saturated heterocycles. The maximum absolute atomic E-state index is 12.7. The van der Waals surface area contributed by atoms with Crippen LogP contribution >= 0.6 is 0 Å². The summed E-state index contributed by atoms with van der Waals surface area (Å²) >= 11 is 0. The zero-order valence-electron chi connectivity index (χ0n) is 12.6. The van der Waals surface area contributed by atoms with Gasteiger partial charge in [0.15, 0.2) is 0 Å². The molecule has 0 atom stereocenters. The molecule has 0 unspecified atom stereocenters. The number of hydrogen-bond donors (Lipinski definition) is 1. The van der Waals surface area contributed by atoms with E-state index in [1.807, 2.05) is 6.92 Å². The molecule has 0 bridgehead atoms. The zero-order valence-corrected chi connectivity index (χ0v) is 12.6. The number of amides is 1. The Morgan fingerprint density at radius 2 is 2.09 bits per heavy atom. The second-order valence-corrected chi connectivity index (χ2v) is 5.20. The Balaban J connectivity index is 2.50. The second kappa shape index (κ2) is 6.85. The van der Waals surface area contributed by atoms with Crippen LogP contribution in [0.5, 0.6) is 5.75 Å².